The van der Waals surface area contributed by atoms with Crippen molar-refractivity contribution in [2.45, 2.75) is 0 Å². The highest BCUT2D eigenvalue weighted by Gasteiger charge is 2.11. The molecule has 0 radical (unpaired) electrons. The molecule has 0 saturated heterocycles. The second kappa shape index (κ2) is 5.78. The fourth-order valence-electron chi connectivity index (χ4n) is 2.33. The van der Waals surface area contributed by atoms with Crippen molar-refractivity contribution in [2.75, 3.05) is 5.32 Å². The van der Waals surface area contributed by atoms with E-state index in [1.165, 1.54) is 10.9 Å². The van der Waals surface area contributed by atoms with E-state index in [1.54, 1.807) is 49.1 Å². The van der Waals surface area contributed by atoms with Gasteiger partial charge in [-0.25, -0.2) is 14.6 Å². The van der Waals surface area contributed by atoms with Crippen molar-refractivity contribution in [3.8, 4) is 5.82 Å². The Morgan fingerprint density at radius 2 is 2.17 bits per heavy atom. The number of anilines is 1. The van der Waals surface area contributed by atoms with Gasteiger partial charge in [0.2, 0.25) is 0 Å². The molecule has 0 unspecified atom stereocenters. The molecule has 0 spiro atoms. The van der Waals surface area contributed by atoms with Crippen LogP contribution < -0.4 is 5.32 Å². The Hall–Kier alpha value is -3.19. The highest BCUT2D eigenvalue weighted by atomic mass is 35.5. The number of pyridine rings is 1. The molecule has 8 heteroatoms. The lowest BCUT2D eigenvalue weighted by atomic mass is 10.2. The number of aromatic amines is 1. The molecule has 118 valence electrons. The number of aromatic nitrogens is 5. The molecule has 0 bridgehead atoms. The molecule has 3 aromatic heterocycles. The summed E-state index contributed by atoms with van der Waals surface area (Å²) in [6, 6.07) is 8.72. The van der Waals surface area contributed by atoms with Crippen LogP contribution in [0.15, 0.2) is 55.2 Å². The van der Waals surface area contributed by atoms with E-state index in [1.807, 2.05) is 0 Å². The van der Waals surface area contributed by atoms with Crippen molar-refractivity contribution in [3.05, 3.63) is 65.8 Å². The van der Waals surface area contributed by atoms with E-state index in [4.69, 9.17) is 11.6 Å². The predicted octanol–water partition coefficient (Wildman–Crippen LogP) is 3.05. The highest BCUT2D eigenvalue weighted by molar-refractivity contribution is 6.32. The van der Waals surface area contributed by atoms with Crippen LogP contribution in [0.5, 0.6) is 0 Å². The largest absolute Gasteiger partial charge is 0.345 e. The SMILES string of the molecule is O=C(Nc1cnn(-c2ncccc2Cl)c1)c1ccc2nc[nH]c2c1. The lowest BCUT2D eigenvalue weighted by Crippen LogP contribution is -2.11. The number of benzene rings is 1. The zero-order chi connectivity index (χ0) is 16.5. The average molecular weight is 339 g/mol. The maximum atomic E-state index is 12.4. The second-order valence-corrected chi connectivity index (χ2v) is 5.48. The molecule has 7 nitrogen and oxygen atoms in total. The molecule has 3 heterocycles. The van der Waals surface area contributed by atoms with Gasteiger partial charge in [-0.3, -0.25) is 4.79 Å². The molecule has 1 amide bonds. The molecule has 0 aliphatic rings. The summed E-state index contributed by atoms with van der Waals surface area (Å²) < 4.78 is 1.51. The standard InChI is InChI=1S/C16H11ClN6O/c17-12-2-1-5-18-15(12)23-8-11(7-21-23)22-16(24)10-3-4-13-14(6-10)20-9-19-13/h1-9H,(H,19,20)(H,22,24). The summed E-state index contributed by atoms with van der Waals surface area (Å²) in [4.78, 5) is 23.6. The molecule has 0 atom stereocenters. The number of carbonyl (C=O) groups excluding carboxylic acids is 1. The maximum Gasteiger partial charge on any atom is 0.255 e. The van der Waals surface area contributed by atoms with Crippen LogP contribution in [0.3, 0.4) is 0 Å². The Labute approximate surface area is 141 Å². The molecule has 0 saturated carbocycles. The van der Waals surface area contributed by atoms with Crippen LogP contribution in [0, 0.1) is 0 Å². The molecule has 4 rings (SSSR count). The van der Waals surface area contributed by atoms with Crippen LogP contribution in [-0.2, 0) is 0 Å². The van der Waals surface area contributed by atoms with E-state index in [9.17, 15) is 4.79 Å². The van der Waals surface area contributed by atoms with E-state index in [-0.39, 0.29) is 5.91 Å². The Morgan fingerprint density at radius 1 is 1.25 bits per heavy atom. The van der Waals surface area contributed by atoms with E-state index in [0.29, 0.717) is 22.1 Å². The van der Waals surface area contributed by atoms with Crippen molar-refractivity contribution in [2.24, 2.45) is 0 Å². The molecule has 1 aromatic carbocycles. The van der Waals surface area contributed by atoms with Crippen LogP contribution in [0.1, 0.15) is 10.4 Å². The van der Waals surface area contributed by atoms with Gasteiger partial charge in [0.05, 0.1) is 40.5 Å². The zero-order valence-electron chi connectivity index (χ0n) is 12.3. The Morgan fingerprint density at radius 3 is 3.04 bits per heavy atom. The first-order valence-electron chi connectivity index (χ1n) is 7.11. The van der Waals surface area contributed by atoms with Gasteiger partial charge in [0, 0.05) is 11.8 Å². The average Bonchev–Trinajstić information content (AvgIpc) is 3.23. The van der Waals surface area contributed by atoms with Crippen molar-refractivity contribution in [1.82, 2.24) is 24.7 Å². The summed E-state index contributed by atoms with van der Waals surface area (Å²) in [7, 11) is 0. The van der Waals surface area contributed by atoms with Crippen LogP contribution in [-0.4, -0.2) is 30.6 Å². The van der Waals surface area contributed by atoms with E-state index >= 15 is 0 Å². The Kier molecular flexibility index (Phi) is 3.47. The van der Waals surface area contributed by atoms with Gasteiger partial charge < -0.3 is 10.3 Å². The smallest absolute Gasteiger partial charge is 0.255 e. The summed E-state index contributed by atoms with van der Waals surface area (Å²) in [6.07, 6.45) is 6.41. The number of nitrogens with one attached hydrogen (secondary N) is 2. The third-order valence-corrected chi connectivity index (χ3v) is 3.77. The molecule has 4 aromatic rings. The number of rotatable bonds is 3. The lowest BCUT2D eigenvalue weighted by Gasteiger charge is -2.03. The lowest BCUT2D eigenvalue weighted by molar-refractivity contribution is 0.102. The van der Waals surface area contributed by atoms with Crippen molar-refractivity contribution >= 4 is 34.2 Å². The van der Waals surface area contributed by atoms with Gasteiger partial charge in [0.15, 0.2) is 5.82 Å². The second-order valence-electron chi connectivity index (χ2n) is 5.07. The van der Waals surface area contributed by atoms with E-state index < -0.39 is 0 Å². The normalized spacial score (nSPS) is 10.9. The first kappa shape index (κ1) is 14.4. The fraction of sp³-hybridized carbons (Fsp3) is 0. The minimum Gasteiger partial charge on any atom is -0.345 e. The van der Waals surface area contributed by atoms with Crippen molar-refractivity contribution in [1.29, 1.82) is 0 Å². The monoisotopic (exact) mass is 338 g/mol. The van der Waals surface area contributed by atoms with Gasteiger partial charge in [0.1, 0.15) is 0 Å². The number of carbonyl (C=O) groups is 1. The van der Waals surface area contributed by atoms with Gasteiger partial charge in [-0.1, -0.05) is 11.6 Å². The van der Waals surface area contributed by atoms with Crippen LogP contribution in [0.25, 0.3) is 16.9 Å². The molecule has 2 N–H and O–H groups in total. The molecular formula is C16H11ClN6O. The summed E-state index contributed by atoms with van der Waals surface area (Å²) in [6.45, 7) is 0. The van der Waals surface area contributed by atoms with Crippen molar-refractivity contribution in [3.63, 3.8) is 0 Å². The third kappa shape index (κ3) is 2.61. The molecule has 0 aliphatic heterocycles. The van der Waals surface area contributed by atoms with Gasteiger partial charge in [-0.2, -0.15) is 5.10 Å². The number of imidazole rings is 1. The van der Waals surface area contributed by atoms with Crippen LogP contribution >= 0.6 is 11.6 Å². The number of fused-ring (bicyclic) bond motifs is 1. The molecular weight excluding hydrogens is 328 g/mol. The quantitative estimate of drug-likeness (QED) is 0.601. The highest BCUT2D eigenvalue weighted by Crippen LogP contribution is 2.19. The fourth-order valence-corrected chi connectivity index (χ4v) is 2.54. The Bertz CT molecular complexity index is 1040. The van der Waals surface area contributed by atoms with E-state index in [0.717, 1.165) is 11.0 Å². The van der Waals surface area contributed by atoms with Gasteiger partial charge >= 0.3 is 0 Å². The first-order chi connectivity index (χ1) is 11.7. The predicted molar refractivity (Wildman–Crippen MR) is 90.4 cm³/mol. The number of H-pyrrole nitrogens is 1. The van der Waals surface area contributed by atoms with Crippen LogP contribution in [0.4, 0.5) is 5.69 Å². The first-order valence-corrected chi connectivity index (χ1v) is 7.48. The minimum absolute atomic E-state index is 0.238. The summed E-state index contributed by atoms with van der Waals surface area (Å²) in [5.74, 6) is 0.261. The van der Waals surface area contributed by atoms with E-state index in [2.05, 4.69) is 25.4 Å². The van der Waals surface area contributed by atoms with Crippen LogP contribution in [0.2, 0.25) is 5.02 Å². The summed E-state index contributed by atoms with van der Waals surface area (Å²) in [5, 5.41) is 7.45. The number of halogens is 1. The third-order valence-electron chi connectivity index (χ3n) is 3.48. The van der Waals surface area contributed by atoms with Gasteiger partial charge in [-0.15, -0.1) is 0 Å². The number of nitrogens with zero attached hydrogens (tertiary/aromatic N) is 4. The zero-order valence-corrected chi connectivity index (χ0v) is 13.0. The molecule has 0 aliphatic carbocycles. The van der Waals surface area contributed by atoms with Gasteiger partial charge in [0.25, 0.3) is 5.91 Å². The number of amides is 1. The summed E-state index contributed by atoms with van der Waals surface area (Å²) >= 11 is 6.09. The molecule has 0 fully saturated rings. The minimum atomic E-state index is -0.238. The molecule has 24 heavy (non-hydrogen) atoms. The van der Waals surface area contributed by atoms with Gasteiger partial charge in [-0.05, 0) is 30.3 Å². The number of hydrogen-bond donors (Lipinski definition) is 2. The Balaban J connectivity index is 1.57. The number of hydrogen-bond acceptors (Lipinski definition) is 4. The van der Waals surface area contributed by atoms with Crippen molar-refractivity contribution < 1.29 is 4.79 Å². The summed E-state index contributed by atoms with van der Waals surface area (Å²) in [5.41, 5.74) is 2.68. The topological polar surface area (TPSA) is 88.5 Å². The maximum absolute atomic E-state index is 12.4.